The third-order valence-electron chi connectivity index (χ3n) is 2.44. The number of halogens is 3. The van der Waals surface area contributed by atoms with E-state index in [-0.39, 0.29) is 12.4 Å². The Balaban J connectivity index is 2.61. The van der Waals surface area contributed by atoms with Crippen LogP contribution in [0.1, 0.15) is 5.56 Å². The number of aliphatic hydroxyl groups excluding tert-OH is 1. The molecule has 0 aromatic heterocycles. The molecule has 1 N–H and O–H groups in total. The quantitative estimate of drug-likeness (QED) is 0.836. The Morgan fingerprint density at radius 1 is 1.06 bits per heavy atom. The van der Waals surface area contributed by atoms with Crippen molar-refractivity contribution in [3.63, 3.8) is 0 Å². The van der Waals surface area contributed by atoms with E-state index in [2.05, 4.69) is 31.9 Å². The zero-order chi connectivity index (χ0) is 12.4. The minimum absolute atomic E-state index is 0.0647. The minimum atomic E-state index is -0.271. The molecule has 2 aromatic carbocycles. The third kappa shape index (κ3) is 2.76. The highest BCUT2D eigenvalue weighted by molar-refractivity contribution is 9.11. The van der Waals surface area contributed by atoms with E-state index in [0.717, 1.165) is 25.6 Å². The molecule has 0 aliphatic rings. The normalized spacial score (nSPS) is 10.6. The average molecular weight is 360 g/mol. The van der Waals surface area contributed by atoms with E-state index in [1.165, 1.54) is 12.1 Å². The van der Waals surface area contributed by atoms with Crippen LogP contribution in [0.4, 0.5) is 4.39 Å². The van der Waals surface area contributed by atoms with Gasteiger partial charge in [0, 0.05) is 14.5 Å². The van der Waals surface area contributed by atoms with Crippen LogP contribution in [0.3, 0.4) is 0 Å². The summed E-state index contributed by atoms with van der Waals surface area (Å²) in [7, 11) is 0. The average Bonchev–Trinajstić information content (AvgIpc) is 2.30. The maximum Gasteiger partial charge on any atom is 0.123 e. The van der Waals surface area contributed by atoms with E-state index in [0.29, 0.717) is 0 Å². The summed E-state index contributed by atoms with van der Waals surface area (Å²) < 4.78 is 14.6. The molecule has 0 radical (unpaired) electrons. The second-order valence-electron chi connectivity index (χ2n) is 3.59. The Hall–Kier alpha value is -0.710. The molecule has 17 heavy (non-hydrogen) atoms. The first-order chi connectivity index (χ1) is 8.11. The number of hydrogen-bond donors (Lipinski definition) is 1. The van der Waals surface area contributed by atoms with Gasteiger partial charge >= 0.3 is 0 Å². The van der Waals surface area contributed by atoms with E-state index in [9.17, 15) is 9.50 Å². The largest absolute Gasteiger partial charge is 0.392 e. The van der Waals surface area contributed by atoms with Gasteiger partial charge in [0.1, 0.15) is 5.82 Å². The molecule has 0 aliphatic heterocycles. The molecule has 0 spiro atoms. The molecular formula is C13H9Br2FO. The van der Waals surface area contributed by atoms with E-state index in [1.807, 2.05) is 12.1 Å². The van der Waals surface area contributed by atoms with Gasteiger partial charge in [-0.3, -0.25) is 0 Å². The van der Waals surface area contributed by atoms with E-state index in [4.69, 9.17) is 0 Å². The molecule has 88 valence electrons. The summed E-state index contributed by atoms with van der Waals surface area (Å²) in [5.74, 6) is -0.271. The topological polar surface area (TPSA) is 20.2 Å². The number of hydrogen-bond acceptors (Lipinski definition) is 1. The van der Waals surface area contributed by atoms with Crippen LogP contribution in [0.25, 0.3) is 11.1 Å². The van der Waals surface area contributed by atoms with Crippen LogP contribution in [0.2, 0.25) is 0 Å². The van der Waals surface area contributed by atoms with Gasteiger partial charge < -0.3 is 5.11 Å². The summed E-state index contributed by atoms with van der Waals surface area (Å²) in [4.78, 5) is 0. The molecule has 1 nitrogen and oxygen atoms in total. The molecule has 0 bridgehead atoms. The summed E-state index contributed by atoms with van der Waals surface area (Å²) in [6.07, 6.45) is 0. The summed E-state index contributed by atoms with van der Waals surface area (Å²) in [5, 5.41) is 9.37. The number of benzene rings is 2. The zero-order valence-corrected chi connectivity index (χ0v) is 11.9. The molecule has 0 saturated carbocycles. The predicted molar refractivity (Wildman–Crippen MR) is 73.2 cm³/mol. The van der Waals surface area contributed by atoms with Crippen molar-refractivity contribution in [2.45, 2.75) is 6.61 Å². The van der Waals surface area contributed by atoms with Crippen LogP contribution in [0.15, 0.2) is 45.3 Å². The first-order valence-electron chi connectivity index (χ1n) is 4.96. The van der Waals surface area contributed by atoms with Crippen LogP contribution in [-0.4, -0.2) is 5.11 Å². The van der Waals surface area contributed by atoms with Gasteiger partial charge in [-0.25, -0.2) is 4.39 Å². The van der Waals surface area contributed by atoms with Crippen LogP contribution in [0, 0.1) is 5.82 Å². The monoisotopic (exact) mass is 358 g/mol. The summed E-state index contributed by atoms with van der Waals surface area (Å²) in [6.45, 7) is -0.0647. The maximum absolute atomic E-state index is 12.9. The molecule has 0 heterocycles. The van der Waals surface area contributed by atoms with Gasteiger partial charge in [0.15, 0.2) is 0 Å². The van der Waals surface area contributed by atoms with Crippen molar-refractivity contribution in [3.05, 3.63) is 56.7 Å². The Labute approximate surface area is 116 Å². The lowest BCUT2D eigenvalue weighted by molar-refractivity contribution is 0.282. The van der Waals surface area contributed by atoms with Crippen LogP contribution >= 0.6 is 31.9 Å². The SMILES string of the molecule is OCc1cc(Br)cc(Br)c1-c1ccc(F)cc1. The van der Waals surface area contributed by atoms with Crippen molar-refractivity contribution in [1.82, 2.24) is 0 Å². The van der Waals surface area contributed by atoms with Gasteiger partial charge in [-0.05, 0) is 35.4 Å². The van der Waals surface area contributed by atoms with E-state index in [1.54, 1.807) is 12.1 Å². The van der Waals surface area contributed by atoms with E-state index < -0.39 is 0 Å². The summed E-state index contributed by atoms with van der Waals surface area (Å²) in [5.41, 5.74) is 2.54. The van der Waals surface area contributed by atoms with Crippen molar-refractivity contribution < 1.29 is 9.50 Å². The smallest absolute Gasteiger partial charge is 0.123 e. The van der Waals surface area contributed by atoms with Crippen molar-refractivity contribution >= 4 is 31.9 Å². The lowest BCUT2D eigenvalue weighted by Gasteiger charge is -2.11. The molecule has 0 atom stereocenters. The highest BCUT2D eigenvalue weighted by atomic mass is 79.9. The Morgan fingerprint density at radius 3 is 2.29 bits per heavy atom. The fourth-order valence-electron chi connectivity index (χ4n) is 1.69. The molecule has 0 aliphatic carbocycles. The van der Waals surface area contributed by atoms with Gasteiger partial charge in [0.25, 0.3) is 0 Å². The van der Waals surface area contributed by atoms with Gasteiger partial charge in [-0.15, -0.1) is 0 Å². The zero-order valence-electron chi connectivity index (χ0n) is 8.75. The molecule has 4 heteroatoms. The van der Waals surface area contributed by atoms with Crippen molar-refractivity contribution in [2.75, 3.05) is 0 Å². The fourth-order valence-corrected chi connectivity index (χ4v) is 3.23. The first-order valence-corrected chi connectivity index (χ1v) is 6.55. The second kappa shape index (κ2) is 5.29. The molecule has 0 fully saturated rings. The molecular weight excluding hydrogens is 351 g/mol. The highest BCUT2D eigenvalue weighted by Crippen LogP contribution is 2.34. The molecule has 2 rings (SSSR count). The van der Waals surface area contributed by atoms with Gasteiger partial charge in [-0.1, -0.05) is 44.0 Å². The van der Waals surface area contributed by atoms with Gasteiger partial charge in [-0.2, -0.15) is 0 Å². The van der Waals surface area contributed by atoms with Crippen LogP contribution < -0.4 is 0 Å². The molecule has 0 unspecified atom stereocenters. The Bertz CT molecular complexity index is 538. The lowest BCUT2D eigenvalue weighted by Crippen LogP contribution is -1.91. The highest BCUT2D eigenvalue weighted by Gasteiger charge is 2.10. The maximum atomic E-state index is 12.9. The minimum Gasteiger partial charge on any atom is -0.392 e. The summed E-state index contributed by atoms with van der Waals surface area (Å²) >= 11 is 6.83. The van der Waals surface area contributed by atoms with Crippen LogP contribution in [-0.2, 0) is 6.61 Å². The van der Waals surface area contributed by atoms with Crippen molar-refractivity contribution in [3.8, 4) is 11.1 Å². The number of rotatable bonds is 2. The Morgan fingerprint density at radius 2 is 1.71 bits per heavy atom. The van der Waals surface area contributed by atoms with Crippen molar-refractivity contribution in [1.29, 1.82) is 0 Å². The first kappa shape index (κ1) is 12.7. The molecule has 0 saturated heterocycles. The second-order valence-corrected chi connectivity index (χ2v) is 5.36. The standard InChI is InChI=1S/C13H9Br2FO/c14-10-5-9(7-17)13(12(15)6-10)8-1-3-11(16)4-2-8/h1-6,17H,7H2. The number of aliphatic hydroxyl groups is 1. The van der Waals surface area contributed by atoms with Gasteiger partial charge in [0.05, 0.1) is 6.61 Å². The summed E-state index contributed by atoms with van der Waals surface area (Å²) in [6, 6.07) is 9.96. The van der Waals surface area contributed by atoms with E-state index >= 15 is 0 Å². The molecule has 2 aromatic rings. The van der Waals surface area contributed by atoms with Crippen LogP contribution in [0.5, 0.6) is 0 Å². The predicted octanol–water partition coefficient (Wildman–Crippen LogP) is 4.51. The lowest BCUT2D eigenvalue weighted by atomic mass is 10.0. The third-order valence-corrected chi connectivity index (χ3v) is 3.52. The fraction of sp³-hybridized carbons (Fsp3) is 0.0769. The van der Waals surface area contributed by atoms with Crippen molar-refractivity contribution in [2.24, 2.45) is 0 Å². The Kier molecular flexibility index (Phi) is 3.97. The molecule has 0 amide bonds. The van der Waals surface area contributed by atoms with Gasteiger partial charge in [0.2, 0.25) is 0 Å².